The third kappa shape index (κ3) is 3.78. The number of carbonyl (C=O) groups excluding carboxylic acids is 2. The summed E-state index contributed by atoms with van der Waals surface area (Å²) in [4.78, 5) is 26.1. The van der Waals surface area contributed by atoms with Gasteiger partial charge in [-0.1, -0.05) is 24.3 Å². The van der Waals surface area contributed by atoms with Crippen molar-refractivity contribution < 1.29 is 24.2 Å². The van der Waals surface area contributed by atoms with Gasteiger partial charge < -0.3 is 4.74 Å². The molecular formula is C23H27N2O4+. The van der Waals surface area contributed by atoms with Crippen molar-refractivity contribution in [3.05, 3.63) is 65.2 Å². The minimum atomic E-state index is -0.232. The highest BCUT2D eigenvalue weighted by atomic mass is 16.5. The van der Waals surface area contributed by atoms with Gasteiger partial charge in [-0.15, -0.1) is 0 Å². The number of fused-ring (bicyclic) bond motifs is 1. The van der Waals surface area contributed by atoms with Crippen LogP contribution in [0, 0.1) is 0 Å². The van der Waals surface area contributed by atoms with Gasteiger partial charge in [0.1, 0.15) is 24.9 Å². The molecule has 2 aliphatic rings. The van der Waals surface area contributed by atoms with Crippen LogP contribution in [0.4, 0.5) is 0 Å². The molecule has 2 aliphatic heterocycles. The molecule has 0 radical (unpaired) electrons. The Bertz CT molecular complexity index is 886. The second-order valence-corrected chi connectivity index (χ2v) is 7.90. The fraction of sp³-hybridized carbons (Fsp3) is 0.391. The third-order valence-corrected chi connectivity index (χ3v) is 6.08. The van der Waals surface area contributed by atoms with Crippen molar-refractivity contribution in [3.8, 4) is 5.75 Å². The molecule has 2 aromatic carbocycles. The number of quaternary nitrogens is 1. The summed E-state index contributed by atoms with van der Waals surface area (Å²) in [6, 6.07) is 14.7. The maximum absolute atomic E-state index is 12.4. The number of hydrogen-bond donors (Lipinski definition) is 1. The van der Waals surface area contributed by atoms with Crippen molar-refractivity contribution in [2.75, 3.05) is 26.2 Å². The molecule has 4 rings (SSSR count). The Kier molecular flexibility index (Phi) is 5.39. The zero-order chi connectivity index (χ0) is 20.4. The van der Waals surface area contributed by atoms with E-state index in [1.165, 1.54) is 4.90 Å². The molecule has 0 saturated carbocycles. The lowest BCUT2D eigenvalue weighted by Gasteiger charge is -2.31. The van der Waals surface area contributed by atoms with Crippen molar-refractivity contribution in [1.82, 2.24) is 4.90 Å². The van der Waals surface area contributed by atoms with E-state index in [4.69, 9.17) is 4.74 Å². The second-order valence-electron chi connectivity index (χ2n) is 7.90. The quantitative estimate of drug-likeness (QED) is 0.440. The first kappa shape index (κ1) is 19.6. The Hall–Kier alpha value is -2.70. The number of hydroxylamine groups is 3. The molecule has 0 aromatic heterocycles. The molecular weight excluding hydrogens is 368 g/mol. The second kappa shape index (κ2) is 7.97. The fourth-order valence-corrected chi connectivity index (χ4v) is 4.27. The highest BCUT2D eigenvalue weighted by Crippen LogP contribution is 2.32. The largest absolute Gasteiger partial charge is 0.494 e. The maximum Gasteiger partial charge on any atom is 0.261 e. The molecule has 0 aliphatic carbocycles. The van der Waals surface area contributed by atoms with E-state index in [2.05, 4.69) is 0 Å². The first-order valence-electron chi connectivity index (χ1n) is 10.3. The fourth-order valence-electron chi connectivity index (χ4n) is 4.27. The van der Waals surface area contributed by atoms with Gasteiger partial charge in [0.25, 0.3) is 11.8 Å². The van der Waals surface area contributed by atoms with E-state index in [0.717, 1.165) is 37.2 Å². The molecule has 6 heteroatoms. The highest BCUT2D eigenvalue weighted by Gasteiger charge is 2.37. The highest BCUT2D eigenvalue weighted by molar-refractivity contribution is 6.21. The van der Waals surface area contributed by atoms with Crippen LogP contribution in [-0.2, 0) is 0 Å². The molecule has 1 fully saturated rings. The van der Waals surface area contributed by atoms with Gasteiger partial charge in [-0.05, 0) is 37.6 Å². The van der Waals surface area contributed by atoms with Crippen LogP contribution in [-0.4, -0.2) is 52.8 Å². The molecule has 29 heavy (non-hydrogen) atoms. The van der Waals surface area contributed by atoms with Gasteiger partial charge in [0.15, 0.2) is 0 Å². The van der Waals surface area contributed by atoms with E-state index < -0.39 is 0 Å². The number of likely N-dealkylation sites (tertiary alicyclic amines) is 1. The Morgan fingerprint density at radius 2 is 1.69 bits per heavy atom. The van der Waals surface area contributed by atoms with E-state index >= 15 is 0 Å². The molecule has 2 aromatic rings. The van der Waals surface area contributed by atoms with Gasteiger partial charge in [-0.2, -0.15) is 4.65 Å². The van der Waals surface area contributed by atoms with Gasteiger partial charge in [0.2, 0.25) is 0 Å². The molecule has 1 unspecified atom stereocenters. The predicted octanol–water partition coefficient (Wildman–Crippen LogP) is 3.81. The molecule has 0 bridgehead atoms. The molecule has 0 spiro atoms. The molecule has 1 saturated heterocycles. The standard InChI is InChI=1S/C23H27N2O4/c1-17(25(28)13-4-5-14-25)18-8-6-9-19(16-18)29-15-7-12-24-22(26)20-10-2-3-11-21(20)23(24)27/h2-3,6,8-11,16-17,28H,4-5,7,12-15H2,1H3/q+1. The van der Waals surface area contributed by atoms with E-state index in [9.17, 15) is 14.8 Å². The lowest BCUT2D eigenvalue weighted by molar-refractivity contribution is -1.12. The monoisotopic (exact) mass is 395 g/mol. The van der Waals surface area contributed by atoms with E-state index in [0.29, 0.717) is 30.7 Å². The average molecular weight is 395 g/mol. The molecule has 2 amide bonds. The summed E-state index contributed by atoms with van der Waals surface area (Å²) in [5.41, 5.74) is 2.00. The molecule has 1 N–H and O–H groups in total. The number of hydrogen-bond acceptors (Lipinski definition) is 4. The average Bonchev–Trinajstić information content (AvgIpc) is 3.29. The van der Waals surface area contributed by atoms with Crippen LogP contribution in [0.1, 0.15) is 58.5 Å². The van der Waals surface area contributed by atoms with Crippen LogP contribution >= 0.6 is 0 Å². The first-order valence-corrected chi connectivity index (χ1v) is 10.3. The van der Waals surface area contributed by atoms with Crippen molar-refractivity contribution in [1.29, 1.82) is 0 Å². The van der Waals surface area contributed by atoms with Crippen LogP contribution in [0.15, 0.2) is 48.5 Å². The third-order valence-electron chi connectivity index (χ3n) is 6.08. The summed E-state index contributed by atoms with van der Waals surface area (Å²) in [5, 5.41) is 10.8. The Morgan fingerprint density at radius 3 is 2.34 bits per heavy atom. The summed E-state index contributed by atoms with van der Waals surface area (Å²) < 4.78 is 5.95. The molecule has 1 atom stereocenters. The first-order chi connectivity index (χ1) is 14.0. The zero-order valence-corrected chi connectivity index (χ0v) is 16.7. The lowest BCUT2D eigenvalue weighted by Crippen LogP contribution is -2.43. The van der Waals surface area contributed by atoms with E-state index in [-0.39, 0.29) is 22.5 Å². The van der Waals surface area contributed by atoms with Crippen LogP contribution in [0.25, 0.3) is 0 Å². The summed E-state index contributed by atoms with van der Waals surface area (Å²) in [6.45, 7) is 4.36. The van der Waals surface area contributed by atoms with Crippen molar-refractivity contribution in [2.45, 2.75) is 32.2 Å². The normalized spacial score (nSPS) is 18.8. The van der Waals surface area contributed by atoms with Crippen molar-refractivity contribution in [3.63, 3.8) is 0 Å². The van der Waals surface area contributed by atoms with Crippen LogP contribution in [0.3, 0.4) is 0 Å². The number of amides is 2. The minimum absolute atomic E-state index is 0.000558. The van der Waals surface area contributed by atoms with Crippen LogP contribution in [0.2, 0.25) is 0 Å². The van der Waals surface area contributed by atoms with Gasteiger partial charge in [0, 0.05) is 24.9 Å². The number of nitrogens with zero attached hydrogens (tertiary/aromatic N) is 2. The van der Waals surface area contributed by atoms with Crippen molar-refractivity contribution >= 4 is 11.8 Å². The number of rotatable bonds is 7. The van der Waals surface area contributed by atoms with Crippen molar-refractivity contribution in [2.24, 2.45) is 0 Å². The smallest absolute Gasteiger partial charge is 0.261 e. The summed E-state index contributed by atoms with van der Waals surface area (Å²) in [6.07, 6.45) is 2.66. The topological polar surface area (TPSA) is 66.8 Å². The molecule has 2 heterocycles. The number of carbonyl (C=O) groups is 2. The van der Waals surface area contributed by atoms with E-state index in [1.54, 1.807) is 24.3 Å². The van der Waals surface area contributed by atoms with Gasteiger partial charge in [-0.25, -0.2) is 5.21 Å². The zero-order valence-electron chi connectivity index (χ0n) is 16.7. The minimum Gasteiger partial charge on any atom is -0.494 e. The van der Waals surface area contributed by atoms with Crippen LogP contribution in [0.5, 0.6) is 5.75 Å². The molecule has 152 valence electrons. The number of ether oxygens (including phenoxy) is 1. The predicted molar refractivity (Wildman–Crippen MR) is 108 cm³/mol. The lowest BCUT2D eigenvalue weighted by atomic mass is 10.1. The maximum atomic E-state index is 12.4. The van der Waals surface area contributed by atoms with E-state index in [1.807, 2.05) is 31.2 Å². The number of benzene rings is 2. The summed E-state index contributed by atoms with van der Waals surface area (Å²) in [5.74, 6) is 0.274. The van der Waals surface area contributed by atoms with Gasteiger partial charge in [0.05, 0.1) is 17.7 Å². The van der Waals surface area contributed by atoms with Gasteiger partial charge >= 0.3 is 0 Å². The Morgan fingerprint density at radius 1 is 1.03 bits per heavy atom. The molecule has 6 nitrogen and oxygen atoms in total. The van der Waals surface area contributed by atoms with Crippen LogP contribution < -0.4 is 4.74 Å². The van der Waals surface area contributed by atoms with Gasteiger partial charge in [-0.3, -0.25) is 14.5 Å². The Balaban J connectivity index is 1.32. The summed E-state index contributed by atoms with van der Waals surface area (Å²) >= 11 is 0. The number of imide groups is 1. The Labute approximate surface area is 170 Å². The summed E-state index contributed by atoms with van der Waals surface area (Å²) in [7, 11) is 0. The SMILES string of the molecule is CC(c1cccc(OCCCN2C(=O)c3ccccc3C2=O)c1)[N+]1(O)CCCC1.